The van der Waals surface area contributed by atoms with E-state index in [9.17, 15) is 20.2 Å². The lowest BCUT2D eigenvalue weighted by atomic mass is 10.2. The molecule has 2 rings (SSSR count). The minimum absolute atomic E-state index is 0.0574. The lowest BCUT2D eigenvalue weighted by Gasteiger charge is -2.09. The third-order valence-corrected chi connectivity index (χ3v) is 2.63. The molecular formula is C13H10N2O6. The van der Waals surface area contributed by atoms with Gasteiger partial charge in [0.2, 0.25) is 0 Å². The average Bonchev–Trinajstić information content (AvgIpc) is 2.48. The van der Waals surface area contributed by atoms with Crippen LogP contribution in [0.3, 0.4) is 0 Å². The Hall–Kier alpha value is -3.16. The van der Waals surface area contributed by atoms with Crippen LogP contribution in [-0.2, 0) is 0 Å². The Bertz CT molecular complexity index is 684. The van der Waals surface area contributed by atoms with E-state index in [1.165, 1.54) is 49.6 Å². The molecule has 108 valence electrons. The zero-order chi connectivity index (χ0) is 15.4. The van der Waals surface area contributed by atoms with Crippen molar-refractivity contribution in [2.75, 3.05) is 7.11 Å². The lowest BCUT2D eigenvalue weighted by molar-refractivity contribution is -0.385. The first-order valence-electron chi connectivity index (χ1n) is 5.76. The maximum atomic E-state index is 10.7. The van der Waals surface area contributed by atoms with Gasteiger partial charge in [-0.3, -0.25) is 20.2 Å². The third kappa shape index (κ3) is 3.24. The summed E-state index contributed by atoms with van der Waals surface area (Å²) in [5, 5.41) is 21.2. The molecule has 2 aromatic carbocycles. The van der Waals surface area contributed by atoms with Gasteiger partial charge in [0.05, 0.1) is 23.0 Å². The second-order valence-corrected chi connectivity index (χ2v) is 3.95. The predicted octanol–water partition coefficient (Wildman–Crippen LogP) is 3.30. The van der Waals surface area contributed by atoms with Crippen LogP contribution in [0, 0.1) is 20.2 Å². The van der Waals surface area contributed by atoms with Crippen molar-refractivity contribution in [1.29, 1.82) is 0 Å². The van der Waals surface area contributed by atoms with Crippen LogP contribution in [0.2, 0.25) is 0 Å². The first kappa shape index (κ1) is 14.3. The fourth-order valence-corrected chi connectivity index (χ4v) is 1.62. The van der Waals surface area contributed by atoms with Gasteiger partial charge in [-0.05, 0) is 18.2 Å². The molecule has 0 unspecified atom stereocenters. The molecule has 0 aromatic heterocycles. The highest BCUT2D eigenvalue weighted by Crippen LogP contribution is 2.34. The zero-order valence-electron chi connectivity index (χ0n) is 10.9. The van der Waals surface area contributed by atoms with Crippen molar-refractivity contribution >= 4 is 11.4 Å². The number of ether oxygens (including phenoxy) is 2. The molecule has 8 nitrogen and oxygen atoms in total. The zero-order valence-corrected chi connectivity index (χ0v) is 10.9. The smallest absolute Gasteiger partial charge is 0.273 e. The van der Waals surface area contributed by atoms with Crippen LogP contribution >= 0.6 is 0 Å². The SMILES string of the molecule is COc1cc([N+](=O)[O-])ccc1Oc1ccc([N+](=O)[O-])cc1. The Morgan fingerprint density at radius 2 is 1.43 bits per heavy atom. The summed E-state index contributed by atoms with van der Waals surface area (Å²) in [5.74, 6) is 0.826. The van der Waals surface area contributed by atoms with Crippen molar-refractivity contribution in [3.8, 4) is 17.2 Å². The number of nitrogens with zero attached hydrogens (tertiary/aromatic N) is 2. The van der Waals surface area contributed by atoms with Crippen LogP contribution < -0.4 is 9.47 Å². The summed E-state index contributed by atoms with van der Waals surface area (Å²) in [4.78, 5) is 20.2. The highest BCUT2D eigenvalue weighted by molar-refractivity contribution is 5.50. The molecule has 2 aromatic rings. The Kier molecular flexibility index (Phi) is 3.98. The molecule has 8 heteroatoms. The van der Waals surface area contributed by atoms with E-state index in [0.717, 1.165) is 0 Å². The van der Waals surface area contributed by atoms with E-state index in [4.69, 9.17) is 9.47 Å². The van der Waals surface area contributed by atoms with Gasteiger partial charge in [0.15, 0.2) is 11.5 Å². The fraction of sp³-hybridized carbons (Fsp3) is 0.0769. The van der Waals surface area contributed by atoms with E-state index in [-0.39, 0.29) is 22.9 Å². The number of hydrogen-bond donors (Lipinski definition) is 0. The molecule has 0 amide bonds. The summed E-state index contributed by atoms with van der Waals surface area (Å²) >= 11 is 0. The Morgan fingerprint density at radius 3 is 1.95 bits per heavy atom. The van der Waals surface area contributed by atoms with Gasteiger partial charge < -0.3 is 9.47 Å². The fourth-order valence-electron chi connectivity index (χ4n) is 1.62. The molecular weight excluding hydrogens is 280 g/mol. The molecule has 21 heavy (non-hydrogen) atoms. The molecule has 0 spiro atoms. The van der Waals surface area contributed by atoms with Gasteiger partial charge in [0.25, 0.3) is 11.4 Å². The van der Waals surface area contributed by atoms with Gasteiger partial charge in [0, 0.05) is 18.2 Å². The standard InChI is InChI=1S/C13H10N2O6/c1-20-13-8-10(15(18)19)4-7-12(13)21-11-5-2-9(3-6-11)14(16)17/h2-8H,1H3. The average molecular weight is 290 g/mol. The molecule has 0 heterocycles. The van der Waals surface area contributed by atoms with Gasteiger partial charge >= 0.3 is 0 Å². The molecule has 0 aliphatic heterocycles. The molecule has 0 atom stereocenters. The molecule has 0 radical (unpaired) electrons. The number of hydrogen-bond acceptors (Lipinski definition) is 6. The maximum absolute atomic E-state index is 10.7. The summed E-state index contributed by atoms with van der Waals surface area (Å²) in [6.45, 7) is 0. The monoisotopic (exact) mass is 290 g/mol. The highest BCUT2D eigenvalue weighted by atomic mass is 16.6. The number of benzene rings is 2. The van der Waals surface area contributed by atoms with E-state index in [0.29, 0.717) is 5.75 Å². The van der Waals surface area contributed by atoms with Crippen molar-refractivity contribution < 1.29 is 19.3 Å². The van der Waals surface area contributed by atoms with Crippen molar-refractivity contribution in [3.05, 3.63) is 62.7 Å². The van der Waals surface area contributed by atoms with Gasteiger partial charge in [-0.1, -0.05) is 0 Å². The largest absolute Gasteiger partial charge is 0.493 e. The third-order valence-electron chi connectivity index (χ3n) is 2.63. The van der Waals surface area contributed by atoms with Crippen molar-refractivity contribution in [3.63, 3.8) is 0 Å². The van der Waals surface area contributed by atoms with Crippen LogP contribution in [0.25, 0.3) is 0 Å². The molecule has 0 aliphatic rings. The second-order valence-electron chi connectivity index (χ2n) is 3.95. The first-order valence-corrected chi connectivity index (χ1v) is 5.76. The molecule has 0 bridgehead atoms. The molecule has 0 N–H and O–H groups in total. The minimum Gasteiger partial charge on any atom is -0.493 e. The first-order chi connectivity index (χ1) is 10.0. The van der Waals surface area contributed by atoms with Crippen LogP contribution in [0.1, 0.15) is 0 Å². The minimum atomic E-state index is -0.543. The molecule has 0 aliphatic carbocycles. The Labute approximate surface area is 118 Å². The predicted molar refractivity (Wildman–Crippen MR) is 72.8 cm³/mol. The molecule has 0 saturated carbocycles. The Morgan fingerprint density at radius 1 is 0.857 bits per heavy atom. The Balaban J connectivity index is 2.26. The van der Waals surface area contributed by atoms with Gasteiger partial charge in [0.1, 0.15) is 5.75 Å². The second kappa shape index (κ2) is 5.87. The van der Waals surface area contributed by atoms with Gasteiger partial charge in [-0.2, -0.15) is 0 Å². The quantitative estimate of drug-likeness (QED) is 0.618. The normalized spacial score (nSPS) is 9.95. The van der Waals surface area contributed by atoms with Crippen molar-refractivity contribution in [1.82, 2.24) is 0 Å². The number of nitro groups is 2. The number of nitro benzene ring substituents is 2. The van der Waals surface area contributed by atoms with Crippen molar-refractivity contribution in [2.45, 2.75) is 0 Å². The van der Waals surface area contributed by atoms with E-state index in [1.54, 1.807) is 0 Å². The summed E-state index contributed by atoms with van der Waals surface area (Å²) in [5.41, 5.74) is -0.180. The lowest BCUT2D eigenvalue weighted by Crippen LogP contribution is -1.94. The summed E-state index contributed by atoms with van der Waals surface area (Å²) in [6.07, 6.45) is 0. The van der Waals surface area contributed by atoms with Gasteiger partial charge in [-0.15, -0.1) is 0 Å². The van der Waals surface area contributed by atoms with E-state index < -0.39 is 9.85 Å². The van der Waals surface area contributed by atoms with Gasteiger partial charge in [-0.25, -0.2) is 0 Å². The molecule has 0 saturated heterocycles. The topological polar surface area (TPSA) is 105 Å². The summed E-state index contributed by atoms with van der Waals surface area (Å²) in [7, 11) is 1.36. The van der Waals surface area contributed by atoms with Crippen LogP contribution in [0.15, 0.2) is 42.5 Å². The maximum Gasteiger partial charge on any atom is 0.273 e. The van der Waals surface area contributed by atoms with Crippen LogP contribution in [0.5, 0.6) is 17.2 Å². The summed E-state index contributed by atoms with van der Waals surface area (Å²) in [6, 6.07) is 9.38. The van der Waals surface area contributed by atoms with E-state index in [2.05, 4.69) is 0 Å². The number of non-ortho nitro benzene ring substituents is 2. The van der Waals surface area contributed by atoms with E-state index >= 15 is 0 Å². The molecule has 0 fully saturated rings. The highest BCUT2D eigenvalue weighted by Gasteiger charge is 2.13. The summed E-state index contributed by atoms with van der Waals surface area (Å²) < 4.78 is 10.5. The van der Waals surface area contributed by atoms with Crippen molar-refractivity contribution in [2.24, 2.45) is 0 Å². The van der Waals surface area contributed by atoms with Crippen LogP contribution in [0.4, 0.5) is 11.4 Å². The van der Waals surface area contributed by atoms with Crippen LogP contribution in [-0.4, -0.2) is 17.0 Å². The number of rotatable bonds is 5. The van der Waals surface area contributed by atoms with E-state index in [1.807, 2.05) is 0 Å². The number of methoxy groups -OCH3 is 1.